The van der Waals surface area contributed by atoms with Crippen LogP contribution in [-0.4, -0.2) is 15.9 Å². The van der Waals surface area contributed by atoms with Gasteiger partial charge < -0.3 is 10.6 Å². The van der Waals surface area contributed by atoms with Crippen LogP contribution in [0, 0.1) is 13.8 Å². The molecule has 2 rings (SSSR count). The maximum Gasteiger partial charge on any atom is 0.252 e. The van der Waals surface area contributed by atoms with Gasteiger partial charge in [0.05, 0.1) is 0 Å². The Kier molecular flexibility index (Phi) is 5.79. The molecule has 3 nitrogen and oxygen atoms in total. The van der Waals surface area contributed by atoms with Crippen LogP contribution < -0.4 is 10.6 Å². The molecule has 0 radical (unpaired) electrons. The number of aryl methyl sites for hydroxylation is 2. The molecule has 0 aliphatic rings. The third-order valence-corrected chi connectivity index (χ3v) is 3.87. The number of benzene rings is 2. The highest BCUT2D eigenvalue weighted by Gasteiger charge is 2.34. The van der Waals surface area contributed by atoms with E-state index in [1.54, 1.807) is 12.1 Å². The van der Waals surface area contributed by atoms with Gasteiger partial charge in [-0.2, -0.15) is 0 Å². The maximum absolute atomic E-state index is 12.4. The number of anilines is 1. The van der Waals surface area contributed by atoms with E-state index in [2.05, 4.69) is 10.6 Å². The average molecular weight is 372 g/mol. The van der Waals surface area contributed by atoms with Crippen molar-refractivity contribution in [2.75, 3.05) is 5.32 Å². The van der Waals surface area contributed by atoms with Crippen molar-refractivity contribution in [3.05, 3.63) is 65.2 Å². The van der Waals surface area contributed by atoms with Crippen LogP contribution in [0.4, 0.5) is 5.69 Å². The highest BCUT2D eigenvalue weighted by atomic mass is 35.6. The van der Waals surface area contributed by atoms with Crippen molar-refractivity contribution >= 4 is 46.4 Å². The fraction of sp³-hybridized carbons (Fsp3) is 0.235. The van der Waals surface area contributed by atoms with Gasteiger partial charge in [-0.1, -0.05) is 64.6 Å². The Labute approximate surface area is 150 Å². The average Bonchev–Trinajstić information content (AvgIpc) is 2.45. The van der Waals surface area contributed by atoms with Crippen molar-refractivity contribution in [1.82, 2.24) is 5.32 Å². The fourth-order valence-electron chi connectivity index (χ4n) is 2.10. The molecule has 0 fully saturated rings. The number of carbonyl (C=O) groups excluding carboxylic acids is 1. The van der Waals surface area contributed by atoms with E-state index >= 15 is 0 Å². The van der Waals surface area contributed by atoms with E-state index in [4.69, 9.17) is 34.8 Å². The molecule has 2 aromatic carbocycles. The SMILES string of the molecule is Cc1cccc(NC(NC(=O)c2cccc(C)c2)C(Cl)(Cl)Cl)c1. The normalized spacial score (nSPS) is 12.6. The summed E-state index contributed by atoms with van der Waals surface area (Å²) < 4.78 is -1.71. The van der Waals surface area contributed by atoms with Crippen molar-refractivity contribution in [2.24, 2.45) is 0 Å². The molecule has 0 heterocycles. The summed E-state index contributed by atoms with van der Waals surface area (Å²) in [5.74, 6) is -0.315. The van der Waals surface area contributed by atoms with Crippen molar-refractivity contribution < 1.29 is 4.79 Å². The number of alkyl halides is 3. The molecule has 0 saturated heterocycles. The van der Waals surface area contributed by atoms with Crippen LogP contribution in [0.25, 0.3) is 0 Å². The Morgan fingerprint density at radius 3 is 2.17 bits per heavy atom. The molecule has 6 heteroatoms. The summed E-state index contributed by atoms with van der Waals surface area (Å²) in [5, 5.41) is 5.77. The van der Waals surface area contributed by atoms with Gasteiger partial charge in [-0.15, -0.1) is 0 Å². The zero-order valence-corrected chi connectivity index (χ0v) is 15.0. The van der Waals surface area contributed by atoms with E-state index in [9.17, 15) is 4.79 Å². The molecule has 0 spiro atoms. The van der Waals surface area contributed by atoms with Gasteiger partial charge in [0.2, 0.25) is 3.79 Å². The molecule has 1 atom stereocenters. The zero-order chi connectivity index (χ0) is 17.0. The quantitative estimate of drug-likeness (QED) is 0.596. The second-order valence-electron chi connectivity index (χ2n) is 5.33. The summed E-state index contributed by atoms with van der Waals surface area (Å²) in [4.78, 5) is 12.4. The molecule has 0 aromatic heterocycles. The minimum atomic E-state index is -1.71. The van der Waals surface area contributed by atoms with E-state index in [0.29, 0.717) is 5.56 Å². The second-order valence-corrected chi connectivity index (χ2v) is 7.70. The highest BCUT2D eigenvalue weighted by molar-refractivity contribution is 6.68. The minimum Gasteiger partial charge on any atom is -0.362 e. The summed E-state index contributed by atoms with van der Waals surface area (Å²) in [6.07, 6.45) is -0.873. The van der Waals surface area contributed by atoms with Crippen LogP contribution >= 0.6 is 34.8 Å². The van der Waals surface area contributed by atoms with Crippen LogP contribution in [0.1, 0.15) is 21.5 Å². The summed E-state index contributed by atoms with van der Waals surface area (Å²) >= 11 is 18.0. The highest BCUT2D eigenvalue weighted by Crippen LogP contribution is 2.31. The van der Waals surface area contributed by atoms with Crippen molar-refractivity contribution in [2.45, 2.75) is 23.8 Å². The van der Waals surface area contributed by atoms with Gasteiger partial charge in [-0.25, -0.2) is 0 Å². The predicted octanol–water partition coefficient (Wildman–Crippen LogP) is 4.84. The Morgan fingerprint density at radius 1 is 1.00 bits per heavy atom. The molecule has 0 bridgehead atoms. The monoisotopic (exact) mass is 370 g/mol. The summed E-state index contributed by atoms with van der Waals surface area (Å²) in [6, 6.07) is 14.8. The minimum absolute atomic E-state index is 0.315. The standard InChI is InChI=1S/C17H17Cl3N2O/c1-11-5-3-7-13(9-11)15(23)22-16(17(18,19)20)21-14-8-4-6-12(2)10-14/h3-10,16,21H,1-2H3,(H,22,23). The largest absolute Gasteiger partial charge is 0.362 e. The molecule has 2 N–H and O–H groups in total. The summed E-state index contributed by atoms with van der Waals surface area (Å²) in [6.45, 7) is 3.87. The number of amides is 1. The number of nitrogens with one attached hydrogen (secondary N) is 2. The van der Waals surface area contributed by atoms with E-state index in [1.165, 1.54) is 0 Å². The molecular weight excluding hydrogens is 355 g/mol. The molecular formula is C17H17Cl3N2O. The van der Waals surface area contributed by atoms with E-state index in [1.807, 2.05) is 50.2 Å². The first-order valence-electron chi connectivity index (χ1n) is 7.03. The molecule has 0 aliphatic heterocycles. The van der Waals surface area contributed by atoms with Crippen molar-refractivity contribution in [3.8, 4) is 0 Å². The number of hydrogen-bond donors (Lipinski definition) is 2. The Bertz CT molecular complexity index is 698. The third kappa shape index (κ3) is 5.31. The van der Waals surface area contributed by atoms with Gasteiger partial charge in [0.25, 0.3) is 5.91 Å². The summed E-state index contributed by atoms with van der Waals surface area (Å²) in [5.41, 5.74) is 3.30. The van der Waals surface area contributed by atoms with Crippen LogP contribution in [0.2, 0.25) is 0 Å². The van der Waals surface area contributed by atoms with E-state index in [-0.39, 0.29) is 5.91 Å². The van der Waals surface area contributed by atoms with E-state index in [0.717, 1.165) is 16.8 Å². The van der Waals surface area contributed by atoms with Gasteiger partial charge in [-0.3, -0.25) is 4.79 Å². The van der Waals surface area contributed by atoms with Gasteiger partial charge in [0, 0.05) is 11.3 Å². The van der Waals surface area contributed by atoms with E-state index < -0.39 is 9.96 Å². The molecule has 1 unspecified atom stereocenters. The first-order valence-corrected chi connectivity index (χ1v) is 8.16. The molecule has 0 saturated carbocycles. The van der Waals surface area contributed by atoms with Crippen LogP contribution in [0.15, 0.2) is 48.5 Å². The molecule has 122 valence electrons. The topological polar surface area (TPSA) is 41.1 Å². The third-order valence-electron chi connectivity index (χ3n) is 3.21. The van der Waals surface area contributed by atoms with Crippen LogP contribution in [0.3, 0.4) is 0 Å². The molecule has 1 amide bonds. The smallest absolute Gasteiger partial charge is 0.252 e. The van der Waals surface area contributed by atoms with Crippen molar-refractivity contribution in [1.29, 1.82) is 0 Å². The van der Waals surface area contributed by atoms with Gasteiger partial charge >= 0.3 is 0 Å². The number of halogens is 3. The zero-order valence-electron chi connectivity index (χ0n) is 12.7. The molecule has 0 aliphatic carbocycles. The summed E-state index contributed by atoms with van der Waals surface area (Å²) in [7, 11) is 0. The Balaban J connectivity index is 2.18. The van der Waals surface area contributed by atoms with Gasteiger partial charge in [0.15, 0.2) is 0 Å². The maximum atomic E-state index is 12.4. The lowest BCUT2D eigenvalue weighted by Crippen LogP contribution is -2.49. The lowest BCUT2D eigenvalue weighted by Gasteiger charge is -2.27. The van der Waals surface area contributed by atoms with Crippen LogP contribution in [-0.2, 0) is 0 Å². The molecule has 2 aromatic rings. The first-order chi connectivity index (χ1) is 10.8. The Hall–Kier alpha value is -1.42. The van der Waals surface area contributed by atoms with Gasteiger partial charge in [-0.05, 0) is 43.7 Å². The predicted molar refractivity (Wildman–Crippen MR) is 97.5 cm³/mol. The number of rotatable bonds is 4. The number of hydrogen-bond acceptors (Lipinski definition) is 2. The fourth-order valence-corrected chi connectivity index (χ4v) is 2.43. The number of carbonyl (C=O) groups is 1. The van der Waals surface area contributed by atoms with Crippen molar-refractivity contribution in [3.63, 3.8) is 0 Å². The first kappa shape index (κ1) is 17.9. The van der Waals surface area contributed by atoms with Crippen LogP contribution in [0.5, 0.6) is 0 Å². The molecule has 23 heavy (non-hydrogen) atoms. The lowest BCUT2D eigenvalue weighted by atomic mass is 10.1. The Morgan fingerprint density at radius 2 is 1.61 bits per heavy atom. The second kappa shape index (κ2) is 7.43. The lowest BCUT2D eigenvalue weighted by molar-refractivity contribution is 0.0942. The van der Waals surface area contributed by atoms with Gasteiger partial charge in [0.1, 0.15) is 6.17 Å².